The van der Waals surface area contributed by atoms with Crippen molar-refractivity contribution in [1.29, 1.82) is 0 Å². The van der Waals surface area contributed by atoms with E-state index < -0.39 is 0 Å². The van der Waals surface area contributed by atoms with Crippen LogP contribution in [0.2, 0.25) is 5.02 Å². The molecule has 1 saturated heterocycles. The van der Waals surface area contributed by atoms with Crippen molar-refractivity contribution < 1.29 is 4.74 Å². The van der Waals surface area contributed by atoms with Gasteiger partial charge in [0, 0.05) is 44.9 Å². The maximum Gasteiger partial charge on any atom is 0.191 e. The quantitative estimate of drug-likeness (QED) is 0.331. The van der Waals surface area contributed by atoms with Gasteiger partial charge in [-0.15, -0.1) is 24.0 Å². The summed E-state index contributed by atoms with van der Waals surface area (Å²) in [7, 11) is 3.72. The van der Waals surface area contributed by atoms with Crippen LogP contribution >= 0.6 is 35.6 Å². The Morgan fingerprint density at radius 3 is 2.60 bits per heavy atom. The lowest BCUT2D eigenvalue weighted by Gasteiger charge is -2.42. The number of hydrogen-bond acceptors (Lipinski definition) is 4. The lowest BCUT2D eigenvalue weighted by molar-refractivity contribution is -0.0971. The predicted octanol–water partition coefficient (Wildman–Crippen LogP) is 3.21. The van der Waals surface area contributed by atoms with Gasteiger partial charge in [-0.05, 0) is 37.6 Å². The molecule has 2 N–H and O–H groups in total. The average molecular weight is 547 g/mol. The van der Waals surface area contributed by atoms with Gasteiger partial charge in [0.25, 0.3) is 0 Å². The molecular weight excluding hydrogens is 515 g/mol. The van der Waals surface area contributed by atoms with Crippen LogP contribution in [-0.4, -0.2) is 59.5 Å². The molecule has 1 aromatic carbocycles. The molecule has 9 heteroatoms. The Kier molecular flexibility index (Phi) is 9.39. The van der Waals surface area contributed by atoms with E-state index in [0.717, 1.165) is 42.9 Å². The molecule has 1 aliphatic heterocycles. The first-order valence-electron chi connectivity index (χ1n) is 9.93. The molecule has 0 saturated carbocycles. The van der Waals surface area contributed by atoms with Gasteiger partial charge in [-0.1, -0.05) is 23.7 Å². The molecule has 0 aliphatic carbocycles. The molecule has 0 spiro atoms. The summed E-state index contributed by atoms with van der Waals surface area (Å²) in [6.07, 6.45) is 1.80. The summed E-state index contributed by atoms with van der Waals surface area (Å²) < 4.78 is 7.76. The molecule has 1 aliphatic rings. The molecule has 2 heterocycles. The summed E-state index contributed by atoms with van der Waals surface area (Å²) in [4.78, 5) is 6.84. The molecule has 0 bridgehead atoms. The first-order valence-corrected chi connectivity index (χ1v) is 10.3. The van der Waals surface area contributed by atoms with Crippen molar-refractivity contribution in [3.05, 3.63) is 52.8 Å². The van der Waals surface area contributed by atoms with Gasteiger partial charge in [0.15, 0.2) is 5.96 Å². The van der Waals surface area contributed by atoms with Crippen LogP contribution in [0.15, 0.2) is 41.5 Å². The lowest BCUT2D eigenvalue weighted by atomic mass is 10.0. The molecule has 7 nitrogen and oxygen atoms in total. The molecule has 1 fully saturated rings. The Bertz CT molecular complexity index is 823. The summed E-state index contributed by atoms with van der Waals surface area (Å²) in [5.41, 5.74) is 2.15. The number of nitrogens with zero attached hydrogens (tertiary/aromatic N) is 4. The average Bonchev–Trinajstić information content (AvgIpc) is 3.10. The van der Waals surface area contributed by atoms with E-state index in [1.54, 1.807) is 13.2 Å². The number of aryl methyl sites for hydroxylation is 1. The second kappa shape index (κ2) is 11.3. The Balaban J connectivity index is 0.00000320. The fourth-order valence-electron chi connectivity index (χ4n) is 3.62. The van der Waals surface area contributed by atoms with Gasteiger partial charge in [0.2, 0.25) is 0 Å². The lowest BCUT2D eigenvalue weighted by Crippen LogP contribution is -2.52. The first kappa shape index (κ1) is 24.9. The topological polar surface area (TPSA) is 66.7 Å². The van der Waals surface area contributed by atoms with Crippen molar-refractivity contribution in [3.63, 3.8) is 0 Å². The monoisotopic (exact) mass is 546 g/mol. The Hall–Kier alpha value is -1.36. The summed E-state index contributed by atoms with van der Waals surface area (Å²) in [6.45, 7) is 8.14. The Morgan fingerprint density at radius 2 is 2.00 bits per heavy atom. The summed E-state index contributed by atoms with van der Waals surface area (Å²) in [6, 6.07) is 10.3. The Labute approximate surface area is 201 Å². The summed E-state index contributed by atoms with van der Waals surface area (Å²) >= 11 is 6.11. The number of guanidine groups is 1. The van der Waals surface area contributed by atoms with Crippen molar-refractivity contribution in [2.24, 2.45) is 12.0 Å². The third-order valence-electron chi connectivity index (χ3n) is 5.20. The van der Waals surface area contributed by atoms with E-state index in [9.17, 15) is 0 Å². The summed E-state index contributed by atoms with van der Waals surface area (Å²) in [5.74, 6) is 0.762. The number of hydrogen-bond donors (Lipinski definition) is 2. The van der Waals surface area contributed by atoms with Gasteiger partial charge >= 0.3 is 0 Å². The minimum atomic E-state index is -0.164. The molecule has 1 aromatic heterocycles. The molecule has 2 aromatic rings. The van der Waals surface area contributed by atoms with Gasteiger partial charge in [-0.3, -0.25) is 14.6 Å². The van der Waals surface area contributed by atoms with E-state index in [4.69, 9.17) is 16.3 Å². The minimum absolute atomic E-state index is 0. The van der Waals surface area contributed by atoms with E-state index in [1.807, 2.05) is 29.9 Å². The van der Waals surface area contributed by atoms with Gasteiger partial charge in [0.05, 0.1) is 30.5 Å². The highest BCUT2D eigenvalue weighted by Gasteiger charge is 2.32. The van der Waals surface area contributed by atoms with Crippen molar-refractivity contribution in [2.75, 3.05) is 33.3 Å². The predicted molar refractivity (Wildman–Crippen MR) is 133 cm³/mol. The van der Waals surface area contributed by atoms with Crippen LogP contribution in [0, 0.1) is 0 Å². The fraction of sp³-hybridized carbons (Fsp3) is 0.524. The standard InChI is InChI=1S/C21H31ClN6O.HI/c1-21(2)15-28(11-12-29-21)19(16-5-7-17(22)8-6-16)14-25-20(23-3)24-13-18-9-10-26-27(18)4;/h5-10,19H,11-15H2,1-4H3,(H2,23,24,25);1H. The molecule has 0 amide bonds. The number of halogens is 2. The van der Waals surface area contributed by atoms with Gasteiger partial charge < -0.3 is 15.4 Å². The molecule has 1 unspecified atom stereocenters. The maximum absolute atomic E-state index is 6.11. The zero-order chi connectivity index (χ0) is 20.9. The molecule has 30 heavy (non-hydrogen) atoms. The van der Waals surface area contributed by atoms with Crippen LogP contribution in [0.5, 0.6) is 0 Å². The maximum atomic E-state index is 6.11. The van der Waals surface area contributed by atoms with Crippen LogP contribution in [0.1, 0.15) is 31.1 Å². The first-order chi connectivity index (χ1) is 13.9. The second-order valence-corrected chi connectivity index (χ2v) is 8.34. The van der Waals surface area contributed by atoms with Gasteiger partial charge in [-0.2, -0.15) is 5.10 Å². The highest BCUT2D eigenvalue weighted by Crippen LogP contribution is 2.27. The van der Waals surface area contributed by atoms with Crippen LogP contribution in [0.4, 0.5) is 0 Å². The zero-order valence-corrected chi connectivity index (χ0v) is 21.1. The number of rotatable bonds is 6. The highest BCUT2D eigenvalue weighted by molar-refractivity contribution is 14.0. The van der Waals surface area contributed by atoms with Crippen molar-refractivity contribution >= 4 is 41.5 Å². The largest absolute Gasteiger partial charge is 0.373 e. The number of aliphatic imine (C=N–C) groups is 1. The van der Waals surface area contributed by atoms with Gasteiger partial charge in [0.1, 0.15) is 0 Å². The van der Waals surface area contributed by atoms with Crippen LogP contribution in [0.3, 0.4) is 0 Å². The third kappa shape index (κ3) is 6.83. The third-order valence-corrected chi connectivity index (χ3v) is 5.45. The number of ether oxygens (including phenoxy) is 1. The van der Waals surface area contributed by atoms with Crippen LogP contribution in [-0.2, 0) is 18.3 Å². The molecule has 0 radical (unpaired) electrons. The van der Waals surface area contributed by atoms with Crippen LogP contribution < -0.4 is 10.6 Å². The second-order valence-electron chi connectivity index (χ2n) is 7.90. The molecule has 3 rings (SSSR count). The SMILES string of the molecule is CN=C(NCc1ccnn1C)NCC(c1ccc(Cl)cc1)N1CCOC(C)(C)C1.I. The van der Waals surface area contributed by atoms with Crippen molar-refractivity contribution in [3.8, 4) is 0 Å². The number of aromatic nitrogens is 2. The van der Waals surface area contributed by atoms with Crippen molar-refractivity contribution in [2.45, 2.75) is 32.0 Å². The number of nitrogens with one attached hydrogen (secondary N) is 2. The smallest absolute Gasteiger partial charge is 0.191 e. The molecule has 166 valence electrons. The van der Waals surface area contributed by atoms with E-state index >= 15 is 0 Å². The van der Waals surface area contributed by atoms with E-state index in [1.165, 1.54) is 5.56 Å². The van der Waals surface area contributed by atoms with E-state index in [0.29, 0.717) is 6.54 Å². The molecular formula is C21H32ClIN6O. The van der Waals surface area contributed by atoms with Crippen molar-refractivity contribution in [1.82, 2.24) is 25.3 Å². The molecule has 1 atom stereocenters. The fourth-order valence-corrected chi connectivity index (χ4v) is 3.75. The number of morpholine rings is 1. The zero-order valence-electron chi connectivity index (χ0n) is 18.1. The number of benzene rings is 1. The Morgan fingerprint density at radius 1 is 1.27 bits per heavy atom. The van der Waals surface area contributed by atoms with Gasteiger partial charge in [-0.25, -0.2) is 0 Å². The minimum Gasteiger partial charge on any atom is -0.373 e. The van der Waals surface area contributed by atoms with E-state index in [2.05, 4.69) is 51.6 Å². The van der Waals surface area contributed by atoms with Crippen LogP contribution in [0.25, 0.3) is 0 Å². The normalized spacial score (nSPS) is 17.8. The summed E-state index contributed by atoms with van der Waals surface area (Å²) in [5, 5.41) is 11.8. The highest BCUT2D eigenvalue weighted by atomic mass is 127. The van der Waals surface area contributed by atoms with E-state index in [-0.39, 0.29) is 35.6 Å².